The number of oxime groups is 1. The van der Waals surface area contributed by atoms with Crippen LogP contribution >= 0.6 is 0 Å². The number of carboxylic acid groups (broad SMARTS) is 1. The Morgan fingerprint density at radius 3 is 2.79 bits per heavy atom. The molecule has 2 N–H and O–H groups in total. The van der Waals surface area contributed by atoms with Crippen LogP contribution in [0.25, 0.3) is 11.0 Å². The maximum absolute atomic E-state index is 15.0. The molecule has 1 aliphatic heterocycles. The van der Waals surface area contributed by atoms with E-state index in [1.807, 2.05) is 7.05 Å². The zero-order valence-corrected chi connectivity index (χ0v) is 16.2. The Bertz CT molecular complexity index is 1060. The quantitative estimate of drug-likeness (QED) is 0.726. The van der Waals surface area contributed by atoms with E-state index in [4.69, 9.17) is 4.84 Å². The molecular formula is C19H22FN5O4. The van der Waals surface area contributed by atoms with Crippen LogP contribution in [-0.2, 0) is 4.84 Å². The number of hydrogen-bond donors (Lipinski definition) is 2. The number of aromatic carboxylic acids is 1. The number of aromatic nitrogens is 2. The molecule has 2 aliphatic rings. The first-order valence-electron chi connectivity index (χ1n) is 9.45. The van der Waals surface area contributed by atoms with Gasteiger partial charge < -0.3 is 24.7 Å². The van der Waals surface area contributed by atoms with Crippen molar-refractivity contribution in [2.75, 3.05) is 32.1 Å². The molecular weight excluding hydrogens is 381 g/mol. The SMILES string of the molecule is CNC1CCN(c2nc3c(cc2F)c(=O)c(C(=O)O)cn3C2CC2)C/C1=N\OC. The van der Waals surface area contributed by atoms with E-state index in [0.29, 0.717) is 25.2 Å². The Morgan fingerprint density at radius 2 is 2.17 bits per heavy atom. The van der Waals surface area contributed by atoms with E-state index in [1.54, 1.807) is 9.47 Å². The fourth-order valence-electron chi connectivity index (χ4n) is 3.78. The third-order valence-corrected chi connectivity index (χ3v) is 5.41. The van der Waals surface area contributed by atoms with Crippen LogP contribution in [0.5, 0.6) is 0 Å². The standard InChI is InChI=1S/C19H22FN5O4/c1-21-14-5-6-24(9-15(14)23-29-2)18-13(20)7-11-16(26)12(19(27)28)8-25(10-3-4-10)17(11)22-18/h7-8,10,14,21H,3-6,9H2,1-2H3,(H,27,28)/b23-15+. The second-order valence-electron chi connectivity index (χ2n) is 7.30. The first-order valence-corrected chi connectivity index (χ1v) is 9.45. The summed E-state index contributed by atoms with van der Waals surface area (Å²) in [7, 11) is 3.29. The van der Waals surface area contributed by atoms with Crippen molar-refractivity contribution in [2.45, 2.75) is 31.3 Å². The van der Waals surface area contributed by atoms with Gasteiger partial charge in [0.15, 0.2) is 11.6 Å². The van der Waals surface area contributed by atoms with Gasteiger partial charge >= 0.3 is 5.97 Å². The molecule has 0 bridgehead atoms. The van der Waals surface area contributed by atoms with Crippen molar-refractivity contribution in [3.63, 3.8) is 0 Å². The maximum atomic E-state index is 15.0. The zero-order valence-electron chi connectivity index (χ0n) is 16.2. The summed E-state index contributed by atoms with van der Waals surface area (Å²) in [6.45, 7) is 0.875. The lowest BCUT2D eigenvalue weighted by molar-refractivity contribution is 0.0695. The molecule has 0 aromatic carbocycles. The predicted molar refractivity (Wildman–Crippen MR) is 105 cm³/mol. The highest BCUT2D eigenvalue weighted by Gasteiger charge is 2.31. The van der Waals surface area contributed by atoms with E-state index < -0.39 is 17.2 Å². The Balaban J connectivity index is 1.83. The highest BCUT2D eigenvalue weighted by molar-refractivity contribution is 5.95. The van der Waals surface area contributed by atoms with E-state index in [1.165, 1.54) is 13.3 Å². The Kier molecular flexibility index (Phi) is 4.95. The number of anilines is 1. The van der Waals surface area contributed by atoms with E-state index >= 15 is 0 Å². The Labute approximate surface area is 165 Å². The monoisotopic (exact) mass is 403 g/mol. The van der Waals surface area contributed by atoms with Crippen LogP contribution in [-0.4, -0.2) is 59.6 Å². The van der Waals surface area contributed by atoms with E-state index in [9.17, 15) is 19.1 Å². The molecule has 2 aromatic rings. The third-order valence-electron chi connectivity index (χ3n) is 5.41. The number of hydrogen-bond acceptors (Lipinski definition) is 7. The van der Waals surface area contributed by atoms with E-state index in [-0.39, 0.29) is 28.9 Å². The summed E-state index contributed by atoms with van der Waals surface area (Å²) < 4.78 is 16.7. The molecule has 3 heterocycles. The summed E-state index contributed by atoms with van der Waals surface area (Å²) in [5.41, 5.74) is -0.0659. The van der Waals surface area contributed by atoms with Gasteiger partial charge in [-0.15, -0.1) is 0 Å². The van der Waals surface area contributed by atoms with Gasteiger partial charge in [0.25, 0.3) is 0 Å². The first-order chi connectivity index (χ1) is 13.9. The molecule has 0 amide bonds. The van der Waals surface area contributed by atoms with Gasteiger partial charge in [0.05, 0.1) is 23.7 Å². The number of fused-ring (bicyclic) bond motifs is 1. The van der Waals surface area contributed by atoms with Crippen LogP contribution in [0, 0.1) is 5.82 Å². The summed E-state index contributed by atoms with van der Waals surface area (Å²) in [4.78, 5) is 35.2. The van der Waals surface area contributed by atoms with Gasteiger partial charge in [-0.3, -0.25) is 4.79 Å². The highest BCUT2D eigenvalue weighted by atomic mass is 19.1. The molecule has 2 fully saturated rings. The summed E-state index contributed by atoms with van der Waals surface area (Å²) >= 11 is 0. The van der Waals surface area contributed by atoms with Crippen LogP contribution in [0.15, 0.2) is 22.2 Å². The molecule has 0 spiro atoms. The second-order valence-corrected chi connectivity index (χ2v) is 7.30. The number of halogens is 1. The van der Waals surface area contributed by atoms with Crippen molar-refractivity contribution in [1.82, 2.24) is 14.9 Å². The van der Waals surface area contributed by atoms with Gasteiger partial charge in [-0.25, -0.2) is 14.2 Å². The summed E-state index contributed by atoms with van der Waals surface area (Å²) in [5.74, 6) is -1.88. The van der Waals surface area contributed by atoms with Crippen LogP contribution < -0.4 is 15.6 Å². The first kappa shape index (κ1) is 19.3. The number of rotatable bonds is 5. The predicted octanol–water partition coefficient (Wildman–Crippen LogP) is 1.37. The van der Waals surface area contributed by atoms with Crippen molar-refractivity contribution in [2.24, 2.45) is 5.16 Å². The van der Waals surface area contributed by atoms with Gasteiger partial charge in [-0.2, -0.15) is 0 Å². The molecule has 154 valence electrons. The van der Waals surface area contributed by atoms with Gasteiger partial charge in [0.1, 0.15) is 18.3 Å². The molecule has 1 aliphatic carbocycles. The van der Waals surface area contributed by atoms with Crippen LogP contribution in [0.3, 0.4) is 0 Å². The lowest BCUT2D eigenvalue weighted by atomic mass is 10.0. The normalized spacial score (nSPS) is 21.0. The fourth-order valence-corrected chi connectivity index (χ4v) is 3.78. The summed E-state index contributed by atoms with van der Waals surface area (Å²) in [6, 6.07) is 1.20. The fraction of sp³-hybridized carbons (Fsp3) is 0.474. The third kappa shape index (κ3) is 3.44. The van der Waals surface area contributed by atoms with Gasteiger partial charge in [-0.05, 0) is 32.4 Å². The Hall–Kier alpha value is -3.01. The van der Waals surface area contributed by atoms with Crippen molar-refractivity contribution in [1.29, 1.82) is 0 Å². The number of pyridine rings is 2. The molecule has 9 nitrogen and oxygen atoms in total. The molecule has 1 saturated heterocycles. The summed E-state index contributed by atoms with van der Waals surface area (Å²) in [6.07, 6.45) is 3.74. The number of carboxylic acids is 1. The average Bonchev–Trinajstić information content (AvgIpc) is 3.53. The lowest BCUT2D eigenvalue weighted by Gasteiger charge is -2.33. The van der Waals surface area contributed by atoms with Crippen molar-refractivity contribution in [3.05, 3.63) is 33.9 Å². The molecule has 2 aromatic heterocycles. The zero-order chi connectivity index (χ0) is 20.7. The van der Waals surface area contributed by atoms with Crippen molar-refractivity contribution >= 4 is 28.5 Å². The molecule has 4 rings (SSSR count). The van der Waals surface area contributed by atoms with E-state index in [2.05, 4.69) is 15.5 Å². The van der Waals surface area contributed by atoms with E-state index in [0.717, 1.165) is 24.6 Å². The second kappa shape index (κ2) is 7.43. The number of nitrogens with one attached hydrogen (secondary N) is 1. The van der Waals surface area contributed by atoms with Gasteiger partial charge in [0.2, 0.25) is 5.43 Å². The molecule has 1 atom stereocenters. The number of carbonyl (C=O) groups is 1. The minimum Gasteiger partial charge on any atom is -0.477 e. The number of nitrogens with zero attached hydrogens (tertiary/aromatic N) is 4. The van der Waals surface area contributed by atoms with Crippen molar-refractivity contribution in [3.8, 4) is 0 Å². The molecule has 1 saturated carbocycles. The van der Waals surface area contributed by atoms with Crippen LogP contribution in [0.1, 0.15) is 35.7 Å². The number of piperidine rings is 1. The highest BCUT2D eigenvalue weighted by Crippen LogP contribution is 2.37. The molecule has 10 heteroatoms. The maximum Gasteiger partial charge on any atom is 0.341 e. The topological polar surface area (TPSA) is 109 Å². The lowest BCUT2D eigenvalue weighted by Crippen LogP contribution is -2.49. The Morgan fingerprint density at radius 1 is 1.41 bits per heavy atom. The minimum atomic E-state index is -1.33. The molecule has 0 radical (unpaired) electrons. The van der Waals surface area contributed by atoms with Crippen LogP contribution in [0.4, 0.5) is 10.2 Å². The van der Waals surface area contributed by atoms with Crippen molar-refractivity contribution < 1.29 is 19.1 Å². The largest absolute Gasteiger partial charge is 0.477 e. The van der Waals surface area contributed by atoms with Crippen LogP contribution in [0.2, 0.25) is 0 Å². The molecule has 29 heavy (non-hydrogen) atoms. The summed E-state index contributed by atoms with van der Waals surface area (Å²) in [5, 5.41) is 16.5. The van der Waals surface area contributed by atoms with Gasteiger partial charge in [0, 0.05) is 18.8 Å². The smallest absolute Gasteiger partial charge is 0.341 e. The molecule has 1 unspecified atom stereocenters. The minimum absolute atomic E-state index is 0.0195. The van der Waals surface area contributed by atoms with Gasteiger partial charge in [-0.1, -0.05) is 5.16 Å². The average molecular weight is 403 g/mol.